The van der Waals surface area contributed by atoms with Crippen molar-refractivity contribution in [2.24, 2.45) is 5.92 Å². The maximum atomic E-state index is 3.82. The minimum absolute atomic E-state index is 0.717. The largest absolute Gasteiger partial charge is 0.315 e. The molecule has 0 unspecified atom stereocenters. The van der Waals surface area contributed by atoms with Crippen molar-refractivity contribution < 1.29 is 0 Å². The van der Waals surface area contributed by atoms with Crippen molar-refractivity contribution in [1.29, 1.82) is 0 Å². The van der Waals surface area contributed by atoms with Crippen molar-refractivity contribution >= 4 is 0 Å². The number of nitrogens with one attached hydrogen (secondary N) is 2. The van der Waals surface area contributed by atoms with Gasteiger partial charge in [-0.15, -0.1) is 0 Å². The molecule has 0 amide bonds. The maximum absolute atomic E-state index is 3.82. The summed E-state index contributed by atoms with van der Waals surface area (Å²) < 4.78 is 0. The molecule has 0 radical (unpaired) electrons. The van der Waals surface area contributed by atoms with Crippen molar-refractivity contribution in [1.82, 2.24) is 20.8 Å². The van der Waals surface area contributed by atoms with Crippen LogP contribution in [0.25, 0.3) is 0 Å². The summed E-state index contributed by atoms with van der Waals surface area (Å²) in [5.41, 5.74) is 1.17. The molecule has 1 aromatic rings. The van der Waals surface area contributed by atoms with Gasteiger partial charge in [0.1, 0.15) is 0 Å². The first-order chi connectivity index (χ1) is 7.29. The minimum Gasteiger partial charge on any atom is -0.315 e. The lowest BCUT2D eigenvalue weighted by atomic mass is 10.2. The molecule has 15 heavy (non-hydrogen) atoms. The molecule has 0 bridgehead atoms. The van der Waals surface area contributed by atoms with Crippen LogP contribution in [-0.4, -0.2) is 29.8 Å². The summed E-state index contributed by atoms with van der Waals surface area (Å²) in [5.74, 6) is 0.717. The van der Waals surface area contributed by atoms with Crippen molar-refractivity contribution in [2.75, 3.05) is 19.6 Å². The number of nitrogens with zero attached hydrogens (tertiary/aromatic N) is 2. The first kappa shape index (κ1) is 12.1. The summed E-state index contributed by atoms with van der Waals surface area (Å²) in [6, 6.07) is 1.97. The highest BCUT2D eigenvalue weighted by Gasteiger charge is 1.93. The predicted octanol–water partition coefficient (Wildman–Crippen LogP) is 0.812. The monoisotopic (exact) mass is 208 g/mol. The van der Waals surface area contributed by atoms with Gasteiger partial charge in [0.2, 0.25) is 0 Å². The molecule has 0 saturated carbocycles. The van der Waals surface area contributed by atoms with Crippen LogP contribution in [0, 0.1) is 5.92 Å². The molecule has 84 valence electrons. The SMILES string of the molecule is CC(C)CNCCNCc1ccnnc1. The average molecular weight is 208 g/mol. The molecule has 1 rings (SSSR count). The Bertz CT molecular complexity index is 248. The third-order valence-corrected chi connectivity index (χ3v) is 2.01. The van der Waals surface area contributed by atoms with Crippen LogP contribution in [0.15, 0.2) is 18.5 Å². The van der Waals surface area contributed by atoms with Crippen molar-refractivity contribution in [2.45, 2.75) is 20.4 Å². The summed E-state index contributed by atoms with van der Waals surface area (Å²) >= 11 is 0. The molecule has 2 N–H and O–H groups in total. The number of rotatable bonds is 7. The average Bonchev–Trinajstić information content (AvgIpc) is 2.24. The Morgan fingerprint density at radius 1 is 1.20 bits per heavy atom. The number of hydrogen-bond acceptors (Lipinski definition) is 4. The van der Waals surface area contributed by atoms with Gasteiger partial charge in [-0.3, -0.25) is 0 Å². The second-order valence-electron chi connectivity index (χ2n) is 4.03. The third-order valence-electron chi connectivity index (χ3n) is 2.01. The molecule has 0 aliphatic carbocycles. The molecule has 0 aromatic carbocycles. The van der Waals surface area contributed by atoms with Gasteiger partial charge in [-0.25, -0.2) is 0 Å². The molecule has 4 nitrogen and oxygen atoms in total. The van der Waals surface area contributed by atoms with Gasteiger partial charge in [-0.1, -0.05) is 13.8 Å². The summed E-state index contributed by atoms with van der Waals surface area (Å²) in [6.07, 6.45) is 3.50. The molecule has 1 heterocycles. The lowest BCUT2D eigenvalue weighted by Gasteiger charge is -2.08. The van der Waals surface area contributed by atoms with Gasteiger partial charge in [0.25, 0.3) is 0 Å². The van der Waals surface area contributed by atoms with E-state index in [-0.39, 0.29) is 0 Å². The van der Waals surface area contributed by atoms with Gasteiger partial charge in [0, 0.05) is 25.8 Å². The molecular weight excluding hydrogens is 188 g/mol. The Hall–Kier alpha value is -1.00. The van der Waals surface area contributed by atoms with Crippen LogP contribution < -0.4 is 10.6 Å². The van der Waals surface area contributed by atoms with Gasteiger partial charge in [-0.2, -0.15) is 10.2 Å². The summed E-state index contributed by atoms with van der Waals surface area (Å²) in [7, 11) is 0. The Labute approximate surface area is 91.5 Å². The van der Waals surface area contributed by atoms with Crippen LogP contribution >= 0.6 is 0 Å². The molecule has 0 spiro atoms. The van der Waals surface area contributed by atoms with Gasteiger partial charge >= 0.3 is 0 Å². The molecule has 0 aliphatic heterocycles. The van der Waals surface area contributed by atoms with E-state index >= 15 is 0 Å². The van der Waals surface area contributed by atoms with E-state index in [4.69, 9.17) is 0 Å². The summed E-state index contributed by atoms with van der Waals surface area (Å²) in [6.45, 7) is 8.36. The van der Waals surface area contributed by atoms with E-state index < -0.39 is 0 Å². The van der Waals surface area contributed by atoms with Crippen LogP contribution in [0.4, 0.5) is 0 Å². The van der Waals surface area contributed by atoms with E-state index in [1.165, 1.54) is 5.56 Å². The van der Waals surface area contributed by atoms with Crippen molar-refractivity contribution in [3.63, 3.8) is 0 Å². The lowest BCUT2D eigenvalue weighted by Crippen LogP contribution is -2.29. The first-order valence-electron chi connectivity index (χ1n) is 5.46. The van der Waals surface area contributed by atoms with Gasteiger partial charge in [-0.05, 0) is 24.1 Å². The van der Waals surface area contributed by atoms with Gasteiger partial charge in [0.05, 0.1) is 6.20 Å². The predicted molar refractivity (Wildman–Crippen MR) is 61.4 cm³/mol. The number of hydrogen-bond donors (Lipinski definition) is 2. The molecule has 0 atom stereocenters. The van der Waals surface area contributed by atoms with E-state index in [9.17, 15) is 0 Å². The van der Waals surface area contributed by atoms with Crippen LogP contribution in [0.5, 0.6) is 0 Å². The van der Waals surface area contributed by atoms with Crippen LogP contribution in [0.2, 0.25) is 0 Å². The van der Waals surface area contributed by atoms with Crippen molar-refractivity contribution in [3.05, 3.63) is 24.0 Å². The second kappa shape index (κ2) is 7.31. The van der Waals surface area contributed by atoms with E-state index in [1.807, 2.05) is 6.07 Å². The minimum atomic E-state index is 0.717. The van der Waals surface area contributed by atoms with E-state index in [2.05, 4.69) is 34.7 Å². The Morgan fingerprint density at radius 2 is 2.00 bits per heavy atom. The second-order valence-corrected chi connectivity index (χ2v) is 4.03. The van der Waals surface area contributed by atoms with Crippen LogP contribution in [-0.2, 0) is 6.54 Å². The van der Waals surface area contributed by atoms with Crippen molar-refractivity contribution in [3.8, 4) is 0 Å². The summed E-state index contributed by atoms with van der Waals surface area (Å²) in [5, 5.41) is 14.3. The highest BCUT2D eigenvalue weighted by molar-refractivity contribution is 5.04. The fourth-order valence-corrected chi connectivity index (χ4v) is 1.22. The third kappa shape index (κ3) is 6.14. The Morgan fingerprint density at radius 3 is 2.67 bits per heavy atom. The number of aromatic nitrogens is 2. The standard InChI is InChI=1S/C11H20N4/c1-10(2)7-12-5-6-13-8-11-3-4-14-15-9-11/h3-4,9-10,12-13H,5-8H2,1-2H3. The zero-order chi connectivity index (χ0) is 10.9. The van der Waals surface area contributed by atoms with Crippen LogP contribution in [0.3, 0.4) is 0 Å². The molecule has 0 aliphatic rings. The molecule has 4 heteroatoms. The van der Waals surface area contributed by atoms with Gasteiger partial charge < -0.3 is 10.6 Å². The van der Waals surface area contributed by atoms with E-state index in [0.29, 0.717) is 0 Å². The van der Waals surface area contributed by atoms with E-state index in [1.54, 1.807) is 12.4 Å². The molecular formula is C11H20N4. The highest BCUT2D eigenvalue weighted by Crippen LogP contribution is 1.91. The normalized spacial score (nSPS) is 10.9. The Balaban J connectivity index is 1.98. The lowest BCUT2D eigenvalue weighted by molar-refractivity contribution is 0.535. The zero-order valence-corrected chi connectivity index (χ0v) is 9.53. The molecule has 1 aromatic heterocycles. The fraction of sp³-hybridized carbons (Fsp3) is 0.636. The van der Waals surface area contributed by atoms with Gasteiger partial charge in [0.15, 0.2) is 0 Å². The fourth-order valence-electron chi connectivity index (χ4n) is 1.22. The molecule has 0 saturated heterocycles. The summed E-state index contributed by atoms with van der Waals surface area (Å²) in [4.78, 5) is 0. The molecule has 0 fully saturated rings. The topological polar surface area (TPSA) is 49.8 Å². The maximum Gasteiger partial charge on any atom is 0.0541 e. The zero-order valence-electron chi connectivity index (χ0n) is 9.53. The van der Waals surface area contributed by atoms with E-state index in [0.717, 1.165) is 32.1 Å². The Kier molecular flexibility index (Phi) is 5.88. The smallest absolute Gasteiger partial charge is 0.0541 e. The first-order valence-corrected chi connectivity index (χ1v) is 5.46. The quantitative estimate of drug-likeness (QED) is 0.651. The highest BCUT2D eigenvalue weighted by atomic mass is 15.1. The van der Waals surface area contributed by atoms with Crippen LogP contribution in [0.1, 0.15) is 19.4 Å².